The van der Waals surface area contributed by atoms with Gasteiger partial charge in [0.25, 0.3) is 0 Å². The number of rotatable bonds is 1. The maximum atomic E-state index is 2.39. The Bertz CT molecular complexity index is 21.5. The van der Waals surface area contributed by atoms with Gasteiger partial charge in [0, 0.05) is 0 Å². The third kappa shape index (κ3) is 9.10. The zero-order chi connectivity index (χ0) is 4.28. The van der Waals surface area contributed by atoms with Crippen LogP contribution >= 0.6 is 0 Å². The molecule has 0 saturated heterocycles. The molecule has 0 unspecified atom stereocenters. The van der Waals surface area contributed by atoms with Crippen LogP contribution in [0.2, 0.25) is 14.4 Å². The number of halogens is 1. The van der Waals surface area contributed by atoms with Gasteiger partial charge in [0.2, 0.25) is 0 Å². The van der Waals surface area contributed by atoms with E-state index in [0.29, 0.717) is 0 Å². The van der Waals surface area contributed by atoms with Crippen molar-refractivity contribution in [3.05, 3.63) is 0 Å². The predicted octanol–water partition coefficient (Wildman–Crippen LogP) is -1.24. The Labute approximate surface area is 64.4 Å². The first-order valence-electron chi connectivity index (χ1n) is 1.81. The van der Waals surface area contributed by atoms with E-state index < -0.39 is 0 Å². The van der Waals surface area contributed by atoms with Gasteiger partial charge in [-0.05, 0) is 0 Å². The van der Waals surface area contributed by atoms with E-state index in [9.17, 15) is 0 Å². The van der Waals surface area contributed by atoms with Crippen LogP contribution in [0.5, 0.6) is 0 Å². The zero-order valence-corrected chi connectivity index (χ0v) is 8.98. The Balaban J connectivity index is 0. The predicted molar refractivity (Wildman–Crippen MR) is 28.0 cm³/mol. The van der Waals surface area contributed by atoms with Gasteiger partial charge >= 0.3 is 40.9 Å². The first kappa shape index (κ1) is 10.5. The van der Waals surface area contributed by atoms with E-state index in [0.717, 1.165) is 0 Å². The fourth-order valence-electron chi connectivity index (χ4n) is 0. The summed E-state index contributed by atoms with van der Waals surface area (Å²) in [7, 11) is 0. The maximum absolute atomic E-state index is 2.39. The average Bonchev–Trinajstić information content (AvgIpc) is 1.38. The van der Waals surface area contributed by atoms with Crippen molar-refractivity contribution in [3.8, 4) is 0 Å². The van der Waals surface area contributed by atoms with E-state index in [1.807, 2.05) is 0 Å². The van der Waals surface area contributed by atoms with Gasteiger partial charge in [0.15, 0.2) is 0 Å². The Kier molecular flexibility index (Phi) is 11.4. The van der Waals surface area contributed by atoms with Crippen molar-refractivity contribution in [1.29, 1.82) is 0 Å². The molecule has 0 fully saturated rings. The summed E-state index contributed by atoms with van der Waals surface area (Å²) in [6.45, 7) is 2.27. The molecule has 0 amide bonds. The number of hydrogen-bond acceptors (Lipinski definition) is 0. The van der Waals surface area contributed by atoms with Crippen molar-refractivity contribution in [2.75, 3.05) is 0 Å². The molecule has 0 spiro atoms. The normalized spacial score (nSPS) is 8.00. The van der Waals surface area contributed by atoms with Crippen LogP contribution in [0.3, 0.4) is 0 Å². The second-order valence-electron chi connectivity index (χ2n) is 1.27. The SMILES string of the molecule is CC[Te+](C)C.[I-]. The van der Waals surface area contributed by atoms with Crippen molar-refractivity contribution in [1.82, 2.24) is 0 Å². The molecule has 0 N–H and O–H groups in total. The molecule has 0 atom stereocenters. The standard InChI is InChI=1S/C4H11Te.HI/c1-4-5(2)3;/h4H2,1-3H3;1H/q+1;/p-1. The second kappa shape index (κ2) is 6.52. The molecule has 0 heterocycles. The summed E-state index contributed by atoms with van der Waals surface area (Å²) in [5.74, 6) is 0. The Hall–Kier alpha value is 1.52. The average molecular weight is 314 g/mol. The molecule has 0 aromatic carbocycles. The molecular formula is C4H11ITe. The molecule has 0 rings (SSSR count). The molecule has 0 aliphatic heterocycles. The smallest absolute Gasteiger partial charge is 1.00 e. The van der Waals surface area contributed by atoms with E-state index in [-0.39, 0.29) is 43.5 Å². The van der Waals surface area contributed by atoms with Crippen LogP contribution < -0.4 is 24.0 Å². The molecule has 2 heteroatoms. The summed E-state index contributed by atoms with van der Waals surface area (Å²) >= 11 is -0.381. The minimum Gasteiger partial charge on any atom is -1.00 e. The molecule has 0 aromatic rings. The van der Waals surface area contributed by atoms with Crippen molar-refractivity contribution >= 4 is 19.6 Å². The van der Waals surface area contributed by atoms with Crippen LogP contribution in [0.15, 0.2) is 0 Å². The Morgan fingerprint density at radius 3 is 1.50 bits per heavy atom. The van der Waals surface area contributed by atoms with E-state index in [1.54, 1.807) is 0 Å². The molecule has 40 valence electrons. The largest absolute Gasteiger partial charge is 1.00 e. The quantitative estimate of drug-likeness (QED) is 0.420. The van der Waals surface area contributed by atoms with Crippen LogP contribution in [-0.4, -0.2) is 19.6 Å². The van der Waals surface area contributed by atoms with Gasteiger partial charge in [-0.25, -0.2) is 0 Å². The molecule has 0 radical (unpaired) electrons. The zero-order valence-electron chi connectivity index (χ0n) is 4.49. The van der Waals surface area contributed by atoms with Gasteiger partial charge < -0.3 is 24.0 Å². The van der Waals surface area contributed by atoms with Gasteiger partial charge in [-0.15, -0.1) is 0 Å². The molecule has 6 heavy (non-hydrogen) atoms. The minimum atomic E-state index is -0.381. The van der Waals surface area contributed by atoms with Gasteiger partial charge in [-0.3, -0.25) is 0 Å². The van der Waals surface area contributed by atoms with Crippen LogP contribution in [0, 0.1) is 0 Å². The van der Waals surface area contributed by atoms with Crippen LogP contribution in [0.1, 0.15) is 6.92 Å². The van der Waals surface area contributed by atoms with Crippen LogP contribution in [0.25, 0.3) is 0 Å². The van der Waals surface area contributed by atoms with Gasteiger partial charge in [0.05, 0.1) is 0 Å². The molecule has 0 nitrogen and oxygen atoms in total. The third-order valence-electron chi connectivity index (χ3n) is 0.577. The molecule has 0 bridgehead atoms. The van der Waals surface area contributed by atoms with E-state index in [4.69, 9.17) is 0 Å². The Morgan fingerprint density at radius 1 is 1.33 bits per heavy atom. The summed E-state index contributed by atoms with van der Waals surface area (Å²) < 4.78 is 1.48. The van der Waals surface area contributed by atoms with Crippen LogP contribution in [-0.2, 0) is 0 Å². The van der Waals surface area contributed by atoms with E-state index >= 15 is 0 Å². The minimum absolute atomic E-state index is 0. The fraction of sp³-hybridized carbons (Fsp3) is 1.00. The van der Waals surface area contributed by atoms with Crippen molar-refractivity contribution < 1.29 is 24.0 Å². The van der Waals surface area contributed by atoms with E-state index in [2.05, 4.69) is 16.9 Å². The summed E-state index contributed by atoms with van der Waals surface area (Å²) in [5.41, 5.74) is 0. The van der Waals surface area contributed by atoms with Crippen molar-refractivity contribution in [2.24, 2.45) is 0 Å². The first-order chi connectivity index (χ1) is 2.27. The molecule has 0 aliphatic rings. The molecular weight excluding hydrogens is 303 g/mol. The summed E-state index contributed by atoms with van der Waals surface area (Å²) in [4.78, 5) is 4.78. The van der Waals surface area contributed by atoms with Gasteiger partial charge in [-0.1, -0.05) is 0 Å². The van der Waals surface area contributed by atoms with Crippen LogP contribution in [0.4, 0.5) is 0 Å². The van der Waals surface area contributed by atoms with Gasteiger partial charge in [0.1, 0.15) is 0 Å². The second-order valence-corrected chi connectivity index (χ2v) is 8.55. The molecule has 0 aromatic heterocycles. The fourth-order valence-corrected chi connectivity index (χ4v) is 0. The van der Waals surface area contributed by atoms with Gasteiger partial charge in [-0.2, -0.15) is 0 Å². The summed E-state index contributed by atoms with van der Waals surface area (Å²) in [6.07, 6.45) is 0. The summed E-state index contributed by atoms with van der Waals surface area (Å²) in [6, 6.07) is 0. The topological polar surface area (TPSA) is 0 Å². The Morgan fingerprint density at radius 2 is 1.50 bits per heavy atom. The van der Waals surface area contributed by atoms with E-state index in [1.165, 1.54) is 4.47 Å². The molecule has 0 aliphatic carbocycles. The monoisotopic (exact) mass is 316 g/mol. The summed E-state index contributed by atoms with van der Waals surface area (Å²) in [5, 5.41) is 0. The third-order valence-corrected chi connectivity index (χ3v) is 3.87. The maximum Gasteiger partial charge on any atom is -1.00 e. The van der Waals surface area contributed by atoms with Crippen molar-refractivity contribution in [2.45, 2.75) is 21.3 Å². The number of hydrogen-bond donors (Lipinski definition) is 0. The molecule has 0 saturated carbocycles. The van der Waals surface area contributed by atoms with Crippen molar-refractivity contribution in [3.63, 3.8) is 0 Å². The first-order valence-corrected chi connectivity index (χ1v) is 8.12.